The molecule has 0 saturated carbocycles. The number of nitrogens with zero attached hydrogens (tertiary/aromatic N) is 1. The summed E-state index contributed by atoms with van der Waals surface area (Å²) in [6, 6.07) is 43.6. The first-order valence-corrected chi connectivity index (χ1v) is 18.6. The molecule has 1 heterocycles. The van der Waals surface area contributed by atoms with Crippen molar-refractivity contribution < 1.29 is 18.7 Å². The summed E-state index contributed by atoms with van der Waals surface area (Å²) >= 11 is 0. The lowest BCUT2D eigenvalue weighted by Gasteiger charge is -2.40. The maximum absolute atomic E-state index is 13.3. The van der Waals surface area contributed by atoms with Gasteiger partial charge >= 0.3 is 0 Å². The standard InChI is InChI=1S/C46H51FN2O3.ClH/c1-51-43-33-37-26-31-49(42(41(37)34-44(43)52-2)32-36-14-6-3-7-15-36)30-13-28-46(38-16-8-4-9-17-38,39-18-10-5-11-19-39)27-12-29-48-45(50)25-22-35-20-23-40(47)24-21-35;/h3-11,14-21,23-24,33-34,42H,12-13,22,25-32H2,1-2H3,(H,48,50);1H. The molecule has 5 nitrogen and oxygen atoms in total. The fraction of sp³-hybridized carbons (Fsp3) is 0.326. The third-order valence-electron chi connectivity index (χ3n) is 10.7. The second-order valence-electron chi connectivity index (χ2n) is 13.9. The predicted molar refractivity (Wildman–Crippen MR) is 215 cm³/mol. The van der Waals surface area contributed by atoms with Gasteiger partial charge in [0.05, 0.1) is 14.2 Å². The largest absolute Gasteiger partial charge is 0.493 e. The molecule has 1 unspecified atom stereocenters. The minimum Gasteiger partial charge on any atom is -0.493 e. The second kappa shape index (κ2) is 19.4. The molecule has 0 saturated heterocycles. The Morgan fingerprint density at radius 1 is 0.774 bits per heavy atom. The molecule has 0 bridgehead atoms. The highest BCUT2D eigenvalue weighted by Crippen LogP contribution is 2.43. The van der Waals surface area contributed by atoms with Crippen LogP contribution >= 0.6 is 12.4 Å². The summed E-state index contributed by atoms with van der Waals surface area (Å²) < 4.78 is 24.8. The molecule has 0 spiro atoms. The van der Waals surface area contributed by atoms with Crippen LogP contribution in [-0.2, 0) is 29.5 Å². The molecule has 1 amide bonds. The van der Waals surface area contributed by atoms with Crippen LogP contribution in [0.5, 0.6) is 11.5 Å². The number of halogens is 2. The van der Waals surface area contributed by atoms with Gasteiger partial charge < -0.3 is 14.8 Å². The zero-order chi connectivity index (χ0) is 36.2. The van der Waals surface area contributed by atoms with E-state index in [0.29, 0.717) is 19.4 Å². The van der Waals surface area contributed by atoms with Gasteiger partial charge in [0.1, 0.15) is 5.82 Å². The summed E-state index contributed by atoms with van der Waals surface area (Å²) in [7, 11) is 3.42. The number of hydrogen-bond acceptors (Lipinski definition) is 4. The molecule has 0 fully saturated rings. The van der Waals surface area contributed by atoms with Gasteiger partial charge in [-0.2, -0.15) is 0 Å². The van der Waals surface area contributed by atoms with Crippen LogP contribution in [0.4, 0.5) is 4.39 Å². The van der Waals surface area contributed by atoms with E-state index in [9.17, 15) is 9.18 Å². The van der Waals surface area contributed by atoms with Gasteiger partial charge in [-0.05, 0) is 109 Å². The topological polar surface area (TPSA) is 50.8 Å². The Bertz CT molecular complexity index is 1820. The minimum absolute atomic E-state index is 0. The molecule has 278 valence electrons. The number of nitrogens with one attached hydrogen (secondary N) is 1. The Kier molecular flexibility index (Phi) is 14.5. The van der Waals surface area contributed by atoms with Crippen molar-refractivity contribution in [1.29, 1.82) is 0 Å². The van der Waals surface area contributed by atoms with Gasteiger partial charge in [-0.15, -0.1) is 12.4 Å². The zero-order valence-electron chi connectivity index (χ0n) is 30.9. The van der Waals surface area contributed by atoms with Gasteiger partial charge in [0.15, 0.2) is 11.5 Å². The van der Waals surface area contributed by atoms with E-state index in [-0.39, 0.29) is 35.6 Å². The van der Waals surface area contributed by atoms with Crippen LogP contribution in [0.2, 0.25) is 0 Å². The van der Waals surface area contributed by atoms with E-state index >= 15 is 0 Å². The molecule has 7 heteroatoms. The van der Waals surface area contributed by atoms with E-state index in [4.69, 9.17) is 9.47 Å². The number of hydrogen-bond donors (Lipinski definition) is 1. The molecule has 6 rings (SSSR count). The van der Waals surface area contributed by atoms with Crippen molar-refractivity contribution in [1.82, 2.24) is 10.2 Å². The predicted octanol–water partition coefficient (Wildman–Crippen LogP) is 9.70. The van der Waals surface area contributed by atoms with E-state index in [0.717, 1.165) is 68.7 Å². The number of fused-ring (bicyclic) bond motifs is 1. The van der Waals surface area contributed by atoms with Crippen LogP contribution in [0, 0.1) is 5.82 Å². The number of carbonyl (C=O) groups is 1. The number of rotatable bonds is 17. The SMILES string of the molecule is COc1cc2c(cc1OC)C(Cc1ccccc1)N(CCCC(CCCNC(=O)CCc1ccc(F)cc1)(c1ccccc1)c1ccccc1)CC2.Cl. The first-order valence-electron chi connectivity index (χ1n) is 18.6. The van der Waals surface area contributed by atoms with Crippen LogP contribution in [0.3, 0.4) is 0 Å². The number of methoxy groups -OCH3 is 2. The van der Waals surface area contributed by atoms with Gasteiger partial charge in [0, 0.05) is 31.0 Å². The van der Waals surface area contributed by atoms with Crippen molar-refractivity contribution >= 4 is 18.3 Å². The first-order chi connectivity index (χ1) is 25.5. The van der Waals surface area contributed by atoms with Crippen LogP contribution in [-0.4, -0.2) is 44.7 Å². The molecule has 0 aromatic heterocycles. The maximum atomic E-state index is 13.3. The monoisotopic (exact) mass is 734 g/mol. The van der Waals surface area contributed by atoms with E-state index in [1.807, 2.05) is 0 Å². The van der Waals surface area contributed by atoms with Crippen molar-refractivity contribution in [3.05, 3.63) is 167 Å². The average molecular weight is 735 g/mol. The van der Waals surface area contributed by atoms with E-state index in [1.165, 1.54) is 39.9 Å². The lowest BCUT2D eigenvalue weighted by atomic mass is 9.68. The summed E-state index contributed by atoms with van der Waals surface area (Å²) in [5.41, 5.74) is 7.35. The fourth-order valence-electron chi connectivity index (χ4n) is 8.01. The van der Waals surface area contributed by atoms with Crippen LogP contribution in [0.25, 0.3) is 0 Å². The van der Waals surface area contributed by atoms with Gasteiger partial charge in [-0.1, -0.05) is 103 Å². The highest BCUT2D eigenvalue weighted by molar-refractivity contribution is 5.85. The molecule has 1 aliphatic heterocycles. The van der Waals surface area contributed by atoms with Crippen LogP contribution < -0.4 is 14.8 Å². The smallest absolute Gasteiger partial charge is 0.220 e. The highest BCUT2D eigenvalue weighted by atomic mass is 35.5. The number of ether oxygens (including phenoxy) is 2. The number of carbonyl (C=O) groups excluding carboxylic acids is 1. The van der Waals surface area contributed by atoms with E-state index < -0.39 is 0 Å². The number of benzene rings is 5. The van der Waals surface area contributed by atoms with Crippen LogP contribution in [0.1, 0.15) is 71.5 Å². The molecule has 53 heavy (non-hydrogen) atoms. The fourth-order valence-corrected chi connectivity index (χ4v) is 8.01. The molecule has 1 aliphatic rings. The summed E-state index contributed by atoms with van der Waals surface area (Å²) in [6.45, 7) is 2.55. The molecule has 5 aromatic carbocycles. The Hall–Kier alpha value is -4.65. The van der Waals surface area contributed by atoms with E-state index in [2.05, 4.69) is 113 Å². The van der Waals surface area contributed by atoms with E-state index in [1.54, 1.807) is 26.4 Å². The lowest BCUT2D eigenvalue weighted by molar-refractivity contribution is -0.121. The minimum atomic E-state index is -0.261. The molecule has 0 radical (unpaired) electrons. The van der Waals surface area contributed by atoms with Gasteiger partial charge in [-0.3, -0.25) is 9.69 Å². The molecule has 5 aromatic rings. The van der Waals surface area contributed by atoms with Crippen molar-refractivity contribution in [3.8, 4) is 11.5 Å². The molecular weight excluding hydrogens is 683 g/mol. The van der Waals surface area contributed by atoms with Crippen molar-refractivity contribution in [2.75, 3.05) is 33.9 Å². The van der Waals surface area contributed by atoms with Gasteiger partial charge in [0.2, 0.25) is 5.91 Å². The summed E-state index contributed by atoms with van der Waals surface area (Å²) in [6.07, 6.45) is 6.62. The van der Waals surface area contributed by atoms with Gasteiger partial charge in [-0.25, -0.2) is 4.39 Å². The normalized spacial score (nSPS) is 14.1. The van der Waals surface area contributed by atoms with Crippen molar-refractivity contribution in [2.45, 2.75) is 62.8 Å². The molecule has 0 aliphatic carbocycles. The van der Waals surface area contributed by atoms with Crippen LogP contribution in [0.15, 0.2) is 127 Å². The third kappa shape index (κ3) is 10.1. The molecular formula is C46H52ClFN2O3. The summed E-state index contributed by atoms with van der Waals surface area (Å²) in [4.78, 5) is 15.5. The lowest BCUT2D eigenvalue weighted by Crippen LogP contribution is -2.38. The number of amides is 1. The first kappa shape index (κ1) is 39.6. The number of aryl methyl sites for hydroxylation is 1. The van der Waals surface area contributed by atoms with Crippen molar-refractivity contribution in [3.63, 3.8) is 0 Å². The van der Waals surface area contributed by atoms with Gasteiger partial charge in [0.25, 0.3) is 0 Å². The quantitative estimate of drug-likeness (QED) is 0.0968. The maximum Gasteiger partial charge on any atom is 0.220 e. The second-order valence-corrected chi connectivity index (χ2v) is 13.9. The highest BCUT2D eigenvalue weighted by Gasteiger charge is 2.35. The average Bonchev–Trinajstić information content (AvgIpc) is 3.19. The Balaban J connectivity index is 0.00000541. The van der Waals surface area contributed by atoms with Crippen molar-refractivity contribution in [2.24, 2.45) is 0 Å². The third-order valence-corrected chi connectivity index (χ3v) is 10.7. The zero-order valence-corrected chi connectivity index (χ0v) is 31.8. The Labute approximate surface area is 321 Å². The summed E-state index contributed by atoms with van der Waals surface area (Å²) in [5, 5.41) is 3.16. The Morgan fingerprint density at radius 2 is 1.36 bits per heavy atom. The molecule has 1 N–H and O–H groups in total. The summed E-state index contributed by atoms with van der Waals surface area (Å²) in [5.74, 6) is 1.32. The Morgan fingerprint density at radius 3 is 1.98 bits per heavy atom. The molecule has 1 atom stereocenters.